The van der Waals surface area contributed by atoms with Crippen molar-refractivity contribution in [3.05, 3.63) is 94.2 Å². The summed E-state index contributed by atoms with van der Waals surface area (Å²) in [5.41, 5.74) is 6.84. The number of ether oxygens (including phenoxy) is 5. The second kappa shape index (κ2) is 15.5. The molecule has 3 aromatic rings. The summed E-state index contributed by atoms with van der Waals surface area (Å²) in [5, 5.41) is 19.9. The van der Waals surface area contributed by atoms with E-state index in [2.05, 4.69) is 21.2 Å². The van der Waals surface area contributed by atoms with Crippen LogP contribution in [0.25, 0.3) is 0 Å². The first kappa shape index (κ1) is 32.7. The van der Waals surface area contributed by atoms with Gasteiger partial charge >= 0.3 is 12.0 Å². The molecule has 2 amide bonds. The van der Waals surface area contributed by atoms with Gasteiger partial charge in [-0.1, -0.05) is 35.9 Å². The van der Waals surface area contributed by atoms with E-state index < -0.39 is 24.3 Å². The first-order valence-corrected chi connectivity index (χ1v) is 14.3. The van der Waals surface area contributed by atoms with E-state index in [-0.39, 0.29) is 12.2 Å². The van der Waals surface area contributed by atoms with Gasteiger partial charge in [-0.3, -0.25) is 5.43 Å². The first-order valence-electron chi connectivity index (χ1n) is 14.3. The molecule has 0 fully saturated rings. The molecule has 0 radical (unpaired) electrons. The van der Waals surface area contributed by atoms with Gasteiger partial charge in [0.25, 0.3) is 0 Å². The molecule has 12 nitrogen and oxygen atoms in total. The van der Waals surface area contributed by atoms with E-state index in [1.165, 1.54) is 18.9 Å². The number of aliphatic hydroxyl groups excluding tert-OH is 1. The molecule has 45 heavy (non-hydrogen) atoms. The lowest BCUT2D eigenvalue weighted by atomic mass is 9.95. The summed E-state index contributed by atoms with van der Waals surface area (Å²) in [5.74, 6) is 1.31. The van der Waals surface area contributed by atoms with Crippen LogP contribution in [0.3, 0.4) is 0 Å². The zero-order chi connectivity index (χ0) is 32.3. The monoisotopic (exact) mass is 618 g/mol. The summed E-state index contributed by atoms with van der Waals surface area (Å²) < 4.78 is 27.9. The van der Waals surface area contributed by atoms with Gasteiger partial charge in [-0.2, -0.15) is 5.10 Å². The fourth-order valence-electron chi connectivity index (χ4n) is 4.55. The number of nitrogens with zero attached hydrogens (tertiary/aromatic N) is 1. The Hall–Kier alpha value is -5.23. The van der Waals surface area contributed by atoms with E-state index in [0.29, 0.717) is 47.5 Å². The van der Waals surface area contributed by atoms with Gasteiger partial charge in [0.05, 0.1) is 38.7 Å². The molecule has 0 saturated heterocycles. The van der Waals surface area contributed by atoms with Crippen LogP contribution in [0.4, 0.5) is 4.79 Å². The van der Waals surface area contributed by atoms with Gasteiger partial charge in [0, 0.05) is 5.70 Å². The number of esters is 1. The minimum Gasteiger partial charge on any atom is -0.493 e. The molecule has 0 spiro atoms. The van der Waals surface area contributed by atoms with E-state index in [1.807, 2.05) is 44.2 Å². The second-order valence-corrected chi connectivity index (χ2v) is 10.1. The molecule has 0 saturated carbocycles. The number of amides is 2. The minimum atomic E-state index is -1.14. The van der Waals surface area contributed by atoms with Crippen molar-refractivity contribution < 1.29 is 38.4 Å². The zero-order valence-electron chi connectivity index (χ0n) is 25.9. The highest BCUT2D eigenvalue weighted by Crippen LogP contribution is 2.35. The average molecular weight is 619 g/mol. The van der Waals surface area contributed by atoms with Crippen LogP contribution in [0.5, 0.6) is 23.0 Å². The van der Waals surface area contributed by atoms with Gasteiger partial charge < -0.3 is 39.4 Å². The molecule has 0 aliphatic carbocycles. The van der Waals surface area contributed by atoms with Gasteiger partial charge in [-0.25, -0.2) is 9.59 Å². The Labute approximate surface area is 262 Å². The third-order valence-corrected chi connectivity index (χ3v) is 6.81. The lowest BCUT2D eigenvalue weighted by molar-refractivity contribution is -0.136. The normalized spacial score (nSPS) is 15.2. The number of carbonyl (C=O) groups excluding carboxylic acids is 2. The minimum absolute atomic E-state index is 0.150. The number of nitrogens with one attached hydrogen (secondary N) is 3. The lowest BCUT2D eigenvalue weighted by Crippen LogP contribution is -2.45. The number of carbonyl (C=O) groups is 2. The summed E-state index contributed by atoms with van der Waals surface area (Å²) in [6.45, 7) is 6.07. The number of rotatable bonds is 14. The molecule has 12 heteroatoms. The number of urea groups is 1. The van der Waals surface area contributed by atoms with E-state index in [9.17, 15) is 14.7 Å². The molecule has 2 atom stereocenters. The third-order valence-electron chi connectivity index (χ3n) is 6.81. The van der Waals surface area contributed by atoms with Gasteiger partial charge in [0.2, 0.25) is 0 Å². The van der Waals surface area contributed by atoms with E-state index in [0.717, 1.165) is 11.1 Å². The number of methoxy groups -OCH3 is 2. The van der Waals surface area contributed by atoms with Gasteiger partial charge in [-0.15, -0.1) is 0 Å². The fraction of sp³-hybridized carbons (Fsp3) is 0.303. The van der Waals surface area contributed by atoms with Gasteiger partial charge in [0.1, 0.15) is 13.2 Å². The van der Waals surface area contributed by atoms with Crippen molar-refractivity contribution in [2.24, 2.45) is 5.10 Å². The number of aliphatic hydroxyl groups is 1. The smallest absolute Gasteiger partial charge is 0.337 e. The van der Waals surface area contributed by atoms with Gasteiger partial charge in [-0.05, 0) is 67.8 Å². The second-order valence-electron chi connectivity index (χ2n) is 10.1. The van der Waals surface area contributed by atoms with Crippen molar-refractivity contribution in [3.8, 4) is 23.0 Å². The Balaban J connectivity index is 1.36. The topological polar surface area (TPSA) is 149 Å². The third kappa shape index (κ3) is 8.67. The summed E-state index contributed by atoms with van der Waals surface area (Å²) in [7, 11) is 2.84. The number of hydrogen-bond acceptors (Lipinski definition) is 10. The molecular formula is C33H38N4O8. The summed E-state index contributed by atoms with van der Waals surface area (Å²) in [6.07, 6.45) is 0.395. The van der Waals surface area contributed by atoms with E-state index in [1.54, 1.807) is 44.4 Å². The molecule has 4 rings (SSSR count). The summed E-state index contributed by atoms with van der Waals surface area (Å²) in [4.78, 5) is 24.6. The van der Waals surface area contributed by atoms with Crippen molar-refractivity contribution >= 4 is 18.2 Å². The standard InChI is InChI=1S/C33H38N4O8/c1-6-43-28-16-24(31-30(32(39)42-5)21(3)35-33(40)36-31)12-14-26(28)45-19-29(38)37-34-17-23-11-13-25(27(15-23)41-4)44-18-22-9-7-20(2)8-10-22/h7-17,29,31,37-38H,6,18-19H2,1-5H3,(H2,35,36,40)/b34-17-/t29-,31+/m0/s1. The highest BCUT2D eigenvalue weighted by atomic mass is 16.5. The number of hydrazone groups is 1. The van der Waals surface area contributed by atoms with Crippen LogP contribution >= 0.6 is 0 Å². The molecule has 238 valence electrons. The predicted molar refractivity (Wildman–Crippen MR) is 167 cm³/mol. The molecule has 1 aliphatic heterocycles. The van der Waals surface area contributed by atoms with Crippen LogP contribution in [-0.4, -0.2) is 57.0 Å². The quantitative estimate of drug-likeness (QED) is 0.0907. The molecule has 0 unspecified atom stereocenters. The van der Waals surface area contributed by atoms with E-state index in [4.69, 9.17) is 23.7 Å². The molecule has 0 aromatic heterocycles. The number of allylic oxidation sites excluding steroid dienone is 1. The van der Waals surface area contributed by atoms with Crippen LogP contribution in [0, 0.1) is 6.92 Å². The largest absolute Gasteiger partial charge is 0.493 e. The molecular weight excluding hydrogens is 580 g/mol. The Morgan fingerprint density at radius 1 is 0.978 bits per heavy atom. The van der Waals surface area contributed by atoms with Crippen LogP contribution in [0.1, 0.15) is 42.1 Å². The first-order chi connectivity index (χ1) is 21.7. The number of aryl methyl sites for hydroxylation is 1. The van der Waals surface area contributed by atoms with Crippen molar-refractivity contribution in [1.29, 1.82) is 0 Å². The Kier molecular flexibility index (Phi) is 11.2. The molecule has 1 heterocycles. The summed E-state index contributed by atoms with van der Waals surface area (Å²) >= 11 is 0. The maximum absolute atomic E-state index is 12.4. The van der Waals surface area contributed by atoms with Crippen LogP contribution < -0.4 is 35.0 Å². The fourth-order valence-corrected chi connectivity index (χ4v) is 4.55. The van der Waals surface area contributed by atoms with E-state index >= 15 is 0 Å². The average Bonchev–Trinajstić information content (AvgIpc) is 3.03. The molecule has 4 N–H and O–H groups in total. The number of benzene rings is 3. The highest BCUT2D eigenvalue weighted by Gasteiger charge is 2.32. The molecule has 1 aliphatic rings. The Morgan fingerprint density at radius 3 is 2.42 bits per heavy atom. The predicted octanol–water partition coefficient (Wildman–Crippen LogP) is 4.10. The Bertz CT molecular complexity index is 1550. The zero-order valence-corrected chi connectivity index (χ0v) is 25.9. The molecule has 0 bridgehead atoms. The lowest BCUT2D eigenvalue weighted by Gasteiger charge is -2.28. The van der Waals surface area contributed by atoms with Crippen molar-refractivity contribution in [2.45, 2.75) is 39.6 Å². The highest BCUT2D eigenvalue weighted by molar-refractivity contribution is 5.95. The van der Waals surface area contributed by atoms with Crippen LogP contribution in [0.2, 0.25) is 0 Å². The van der Waals surface area contributed by atoms with Crippen molar-refractivity contribution in [2.75, 3.05) is 27.4 Å². The van der Waals surface area contributed by atoms with Crippen LogP contribution in [0.15, 0.2) is 77.0 Å². The summed E-state index contributed by atoms with van der Waals surface area (Å²) in [6, 6.07) is 17.3. The SMILES string of the molecule is CCOc1cc([C@H]2NC(=O)NC(C)=C2C(=O)OC)ccc1OC[C@H](O)N/N=C\c1ccc(OCc2ccc(C)cc2)c(OC)c1. The maximum Gasteiger partial charge on any atom is 0.337 e. The molecule has 3 aromatic carbocycles. The van der Waals surface area contributed by atoms with Crippen LogP contribution in [-0.2, 0) is 16.1 Å². The van der Waals surface area contributed by atoms with Crippen molar-refractivity contribution in [3.63, 3.8) is 0 Å². The Morgan fingerprint density at radius 2 is 1.71 bits per heavy atom. The maximum atomic E-state index is 12.4. The van der Waals surface area contributed by atoms with Crippen molar-refractivity contribution in [1.82, 2.24) is 16.1 Å². The van der Waals surface area contributed by atoms with Gasteiger partial charge in [0.15, 0.2) is 29.2 Å². The number of hydrogen-bond donors (Lipinski definition) is 4.